The molecular weight excluding hydrogens is 226 g/mol. The predicted octanol–water partition coefficient (Wildman–Crippen LogP) is 0.104. The van der Waals surface area contributed by atoms with Crippen LogP contribution in [0.5, 0.6) is 0 Å². The largest absolute Gasteiger partial charge is 0.464 e. The molecule has 0 N–H and O–H groups in total. The Morgan fingerprint density at radius 2 is 2.00 bits per heavy atom. The number of rotatable bonds is 2. The molecule has 1 fully saturated rings. The van der Waals surface area contributed by atoms with Crippen LogP contribution in [-0.4, -0.2) is 49.0 Å². The Hall–Kier alpha value is -1.59. The number of amides is 1. The van der Waals surface area contributed by atoms with Crippen LogP contribution in [0.4, 0.5) is 0 Å². The Bertz CT molecular complexity index is 315. The smallest absolute Gasteiger partial charge is 0.396 e. The second kappa shape index (κ2) is 6.22. The van der Waals surface area contributed by atoms with Crippen LogP contribution in [0.25, 0.3) is 0 Å². The van der Waals surface area contributed by atoms with E-state index in [9.17, 15) is 14.4 Å². The first-order chi connectivity index (χ1) is 8.11. The number of ether oxygens (including phenoxy) is 2. The van der Waals surface area contributed by atoms with Gasteiger partial charge in [0.2, 0.25) is 0 Å². The third-order valence-corrected chi connectivity index (χ3v) is 2.68. The second-order valence-corrected chi connectivity index (χ2v) is 3.75. The number of hydrogen-bond acceptors (Lipinski definition) is 5. The molecule has 1 amide bonds. The van der Waals surface area contributed by atoms with E-state index < -0.39 is 23.9 Å². The van der Waals surface area contributed by atoms with Gasteiger partial charge in [-0.15, -0.1) is 0 Å². The summed E-state index contributed by atoms with van der Waals surface area (Å²) in [5.41, 5.74) is 0. The molecule has 0 bridgehead atoms. The van der Waals surface area contributed by atoms with Gasteiger partial charge in [0.1, 0.15) is 6.04 Å². The lowest BCUT2D eigenvalue weighted by Crippen LogP contribution is -2.51. The summed E-state index contributed by atoms with van der Waals surface area (Å²) < 4.78 is 9.26. The highest BCUT2D eigenvalue weighted by Crippen LogP contribution is 2.18. The fourth-order valence-corrected chi connectivity index (χ4v) is 1.86. The lowest BCUT2D eigenvalue weighted by molar-refractivity contribution is -0.165. The first-order valence-electron chi connectivity index (χ1n) is 5.67. The van der Waals surface area contributed by atoms with Gasteiger partial charge in [0.25, 0.3) is 0 Å². The molecule has 1 aliphatic rings. The molecule has 1 atom stereocenters. The Morgan fingerprint density at radius 1 is 1.29 bits per heavy atom. The normalized spacial score (nSPS) is 19.6. The van der Waals surface area contributed by atoms with Gasteiger partial charge < -0.3 is 14.4 Å². The Morgan fingerprint density at radius 3 is 2.59 bits per heavy atom. The van der Waals surface area contributed by atoms with Crippen LogP contribution in [0, 0.1) is 0 Å². The molecule has 0 aromatic rings. The van der Waals surface area contributed by atoms with Gasteiger partial charge in [0.05, 0.1) is 13.7 Å². The van der Waals surface area contributed by atoms with Gasteiger partial charge in [0.15, 0.2) is 0 Å². The maximum atomic E-state index is 11.7. The Labute approximate surface area is 99.9 Å². The lowest BCUT2D eigenvalue weighted by Gasteiger charge is -2.32. The van der Waals surface area contributed by atoms with Gasteiger partial charge in [-0.05, 0) is 26.2 Å². The number of carbonyl (C=O) groups excluding carboxylic acids is 3. The fraction of sp³-hybridized carbons (Fsp3) is 0.727. The van der Waals surface area contributed by atoms with Crippen LogP contribution in [-0.2, 0) is 23.9 Å². The fourth-order valence-electron chi connectivity index (χ4n) is 1.86. The Balaban J connectivity index is 2.75. The standard InChI is InChI=1S/C11H17NO5/c1-3-17-10(14)8-6-4-5-7-12(8)9(13)11(15)16-2/h8H,3-7H2,1-2H3/t8-/m0/s1. The van der Waals surface area contributed by atoms with Crippen molar-refractivity contribution in [3.63, 3.8) is 0 Å². The number of methoxy groups -OCH3 is 1. The SMILES string of the molecule is CCOC(=O)[C@@H]1CCCCN1C(=O)C(=O)OC. The van der Waals surface area contributed by atoms with Gasteiger partial charge in [0, 0.05) is 6.54 Å². The highest BCUT2D eigenvalue weighted by atomic mass is 16.5. The summed E-state index contributed by atoms with van der Waals surface area (Å²) in [5, 5.41) is 0. The predicted molar refractivity (Wildman–Crippen MR) is 58.0 cm³/mol. The first-order valence-corrected chi connectivity index (χ1v) is 5.67. The molecule has 1 heterocycles. The van der Waals surface area contributed by atoms with Crippen molar-refractivity contribution in [3.05, 3.63) is 0 Å². The molecule has 96 valence electrons. The van der Waals surface area contributed by atoms with E-state index in [0.717, 1.165) is 20.0 Å². The molecule has 17 heavy (non-hydrogen) atoms. The molecule has 0 aromatic carbocycles. The van der Waals surface area contributed by atoms with Gasteiger partial charge in [-0.1, -0.05) is 0 Å². The summed E-state index contributed by atoms with van der Waals surface area (Å²) in [6.45, 7) is 2.35. The maximum Gasteiger partial charge on any atom is 0.396 e. The van der Waals surface area contributed by atoms with E-state index in [4.69, 9.17) is 4.74 Å². The molecule has 6 heteroatoms. The van der Waals surface area contributed by atoms with Crippen LogP contribution in [0.15, 0.2) is 0 Å². The van der Waals surface area contributed by atoms with Crippen molar-refractivity contribution in [1.82, 2.24) is 4.90 Å². The van der Waals surface area contributed by atoms with Crippen molar-refractivity contribution in [2.24, 2.45) is 0 Å². The molecule has 1 saturated heterocycles. The molecule has 0 radical (unpaired) electrons. The number of likely N-dealkylation sites (tertiary alicyclic amines) is 1. The highest BCUT2D eigenvalue weighted by molar-refractivity contribution is 6.32. The summed E-state index contributed by atoms with van der Waals surface area (Å²) in [6, 6.07) is -0.657. The first kappa shape index (κ1) is 13.5. The molecule has 0 saturated carbocycles. The average molecular weight is 243 g/mol. The number of piperidine rings is 1. The lowest BCUT2D eigenvalue weighted by atomic mass is 10.0. The minimum Gasteiger partial charge on any atom is -0.464 e. The molecule has 0 unspecified atom stereocenters. The summed E-state index contributed by atoms with van der Waals surface area (Å²) in [7, 11) is 1.14. The second-order valence-electron chi connectivity index (χ2n) is 3.75. The van der Waals surface area contributed by atoms with Crippen molar-refractivity contribution in [3.8, 4) is 0 Å². The van der Waals surface area contributed by atoms with E-state index in [1.54, 1.807) is 6.92 Å². The van der Waals surface area contributed by atoms with Crippen LogP contribution in [0.3, 0.4) is 0 Å². The summed E-state index contributed by atoms with van der Waals surface area (Å²) in [6.07, 6.45) is 2.15. The van der Waals surface area contributed by atoms with Crippen LogP contribution < -0.4 is 0 Å². The zero-order valence-electron chi connectivity index (χ0n) is 10.1. The zero-order chi connectivity index (χ0) is 12.8. The summed E-state index contributed by atoms with van der Waals surface area (Å²) in [5.74, 6) is -2.17. The third kappa shape index (κ3) is 3.18. The van der Waals surface area contributed by atoms with E-state index in [1.165, 1.54) is 4.90 Å². The van der Waals surface area contributed by atoms with Gasteiger partial charge in [-0.3, -0.25) is 4.79 Å². The van der Waals surface area contributed by atoms with E-state index >= 15 is 0 Å². The van der Waals surface area contributed by atoms with Crippen molar-refractivity contribution in [1.29, 1.82) is 0 Å². The summed E-state index contributed by atoms with van der Waals surface area (Å²) >= 11 is 0. The minimum atomic E-state index is -0.943. The van der Waals surface area contributed by atoms with E-state index in [1.807, 2.05) is 0 Å². The van der Waals surface area contributed by atoms with E-state index in [-0.39, 0.29) is 6.61 Å². The topological polar surface area (TPSA) is 72.9 Å². The van der Waals surface area contributed by atoms with Crippen molar-refractivity contribution in [2.75, 3.05) is 20.3 Å². The maximum absolute atomic E-state index is 11.7. The van der Waals surface area contributed by atoms with Gasteiger partial charge in [-0.25, -0.2) is 9.59 Å². The van der Waals surface area contributed by atoms with Crippen LogP contribution >= 0.6 is 0 Å². The number of esters is 2. The number of nitrogens with zero attached hydrogens (tertiary/aromatic N) is 1. The molecule has 1 aliphatic heterocycles. The molecule has 0 spiro atoms. The number of hydrogen-bond donors (Lipinski definition) is 0. The quantitative estimate of drug-likeness (QED) is 0.508. The van der Waals surface area contributed by atoms with Crippen LogP contribution in [0.1, 0.15) is 26.2 Å². The third-order valence-electron chi connectivity index (χ3n) is 2.68. The van der Waals surface area contributed by atoms with Crippen molar-refractivity contribution in [2.45, 2.75) is 32.2 Å². The van der Waals surface area contributed by atoms with Crippen molar-refractivity contribution < 1.29 is 23.9 Å². The molecular formula is C11H17NO5. The van der Waals surface area contributed by atoms with Crippen LogP contribution in [0.2, 0.25) is 0 Å². The molecule has 1 rings (SSSR count). The Kier molecular flexibility index (Phi) is 4.93. The summed E-state index contributed by atoms with van der Waals surface area (Å²) in [4.78, 5) is 35.8. The molecule has 0 aromatic heterocycles. The zero-order valence-corrected chi connectivity index (χ0v) is 10.1. The van der Waals surface area contributed by atoms with Gasteiger partial charge in [-0.2, -0.15) is 0 Å². The number of carbonyl (C=O) groups is 3. The minimum absolute atomic E-state index is 0.260. The highest BCUT2D eigenvalue weighted by Gasteiger charge is 2.36. The monoisotopic (exact) mass is 243 g/mol. The average Bonchev–Trinajstić information content (AvgIpc) is 2.37. The van der Waals surface area contributed by atoms with Crippen molar-refractivity contribution >= 4 is 17.8 Å². The van der Waals surface area contributed by atoms with E-state index in [2.05, 4.69) is 4.74 Å². The molecule has 0 aliphatic carbocycles. The van der Waals surface area contributed by atoms with E-state index in [0.29, 0.717) is 13.0 Å². The molecule has 6 nitrogen and oxygen atoms in total. The van der Waals surface area contributed by atoms with Gasteiger partial charge >= 0.3 is 17.8 Å².